The highest BCUT2D eigenvalue weighted by atomic mass is 32.1. The van der Waals surface area contributed by atoms with Crippen molar-refractivity contribution in [2.45, 2.75) is 18.9 Å². The summed E-state index contributed by atoms with van der Waals surface area (Å²) in [5.41, 5.74) is 1.21. The first-order valence-electron chi connectivity index (χ1n) is 8.14. The lowest BCUT2D eigenvalue weighted by atomic mass is 10.0. The molecule has 0 saturated carbocycles. The lowest BCUT2D eigenvalue weighted by Gasteiger charge is -2.29. The molecule has 5 nitrogen and oxygen atoms in total. The Morgan fingerprint density at radius 3 is 2.65 bits per heavy atom. The van der Waals surface area contributed by atoms with Gasteiger partial charge in [0.25, 0.3) is 0 Å². The van der Waals surface area contributed by atoms with Crippen molar-refractivity contribution in [3.05, 3.63) is 29.8 Å². The summed E-state index contributed by atoms with van der Waals surface area (Å²) in [5, 5.41) is 7.16. The minimum absolute atomic E-state index is 0.260. The van der Waals surface area contributed by atoms with Gasteiger partial charge in [0.1, 0.15) is 5.75 Å². The number of hydrogen-bond donors (Lipinski definition) is 2. The molecule has 0 radical (unpaired) electrons. The van der Waals surface area contributed by atoms with Crippen LogP contribution in [0.4, 0.5) is 0 Å². The highest BCUT2D eigenvalue weighted by molar-refractivity contribution is 7.80. The molecule has 1 aromatic carbocycles. The number of nitrogens with one attached hydrogen (secondary N) is 2. The van der Waals surface area contributed by atoms with Crippen LogP contribution in [0.1, 0.15) is 24.4 Å². The zero-order chi connectivity index (χ0) is 16.5. The molecule has 1 unspecified atom stereocenters. The fourth-order valence-electron chi connectivity index (χ4n) is 2.95. The van der Waals surface area contributed by atoms with Gasteiger partial charge in [0.15, 0.2) is 5.11 Å². The average molecular weight is 337 g/mol. The molecule has 0 spiro atoms. The van der Waals surface area contributed by atoms with Crippen LogP contribution in [0, 0.1) is 0 Å². The number of para-hydroxylation sites is 1. The van der Waals surface area contributed by atoms with Gasteiger partial charge in [-0.2, -0.15) is 0 Å². The first-order valence-corrected chi connectivity index (χ1v) is 8.54. The summed E-state index contributed by atoms with van der Waals surface area (Å²) >= 11 is 5.34. The highest BCUT2D eigenvalue weighted by Gasteiger charge is 2.25. The first-order chi connectivity index (χ1) is 11.3. The van der Waals surface area contributed by atoms with E-state index >= 15 is 0 Å². The van der Waals surface area contributed by atoms with Gasteiger partial charge >= 0.3 is 0 Å². The van der Waals surface area contributed by atoms with Crippen molar-refractivity contribution in [2.24, 2.45) is 0 Å². The topological polar surface area (TPSA) is 45.8 Å². The van der Waals surface area contributed by atoms with E-state index < -0.39 is 0 Å². The van der Waals surface area contributed by atoms with Crippen LogP contribution in [0.2, 0.25) is 0 Å². The number of methoxy groups -OCH3 is 2. The summed E-state index contributed by atoms with van der Waals surface area (Å²) in [4.78, 5) is 2.50. The van der Waals surface area contributed by atoms with E-state index in [0.717, 1.165) is 25.4 Å². The number of benzene rings is 1. The van der Waals surface area contributed by atoms with E-state index in [9.17, 15) is 0 Å². The molecule has 1 saturated heterocycles. The van der Waals surface area contributed by atoms with Crippen molar-refractivity contribution in [1.82, 2.24) is 15.5 Å². The van der Waals surface area contributed by atoms with Crippen LogP contribution < -0.4 is 15.4 Å². The lowest BCUT2D eigenvalue weighted by molar-refractivity contribution is 0.203. The molecule has 1 aromatic rings. The van der Waals surface area contributed by atoms with Gasteiger partial charge in [-0.3, -0.25) is 4.90 Å². The van der Waals surface area contributed by atoms with E-state index in [4.69, 9.17) is 21.7 Å². The fraction of sp³-hybridized carbons (Fsp3) is 0.588. The number of rotatable bonds is 8. The van der Waals surface area contributed by atoms with E-state index in [0.29, 0.717) is 18.3 Å². The summed E-state index contributed by atoms with van der Waals surface area (Å²) in [6.45, 7) is 4.36. The third-order valence-electron chi connectivity index (χ3n) is 4.13. The van der Waals surface area contributed by atoms with Crippen molar-refractivity contribution in [3.8, 4) is 5.75 Å². The molecule has 1 aliphatic heterocycles. The number of thiocarbonyl (C=S) groups is 1. The van der Waals surface area contributed by atoms with Crippen molar-refractivity contribution in [3.63, 3.8) is 0 Å². The molecule has 1 heterocycles. The van der Waals surface area contributed by atoms with Crippen LogP contribution in [0.15, 0.2) is 24.3 Å². The smallest absolute Gasteiger partial charge is 0.166 e. The van der Waals surface area contributed by atoms with Gasteiger partial charge < -0.3 is 20.1 Å². The van der Waals surface area contributed by atoms with Gasteiger partial charge in [0.05, 0.1) is 19.8 Å². The van der Waals surface area contributed by atoms with E-state index in [1.54, 1.807) is 14.2 Å². The van der Waals surface area contributed by atoms with E-state index in [1.165, 1.54) is 18.4 Å². The SMILES string of the molecule is COCCNC(=S)NCC(c1ccccc1OC)N1CCCC1. The second-order valence-electron chi connectivity index (χ2n) is 5.63. The Morgan fingerprint density at radius 2 is 1.96 bits per heavy atom. The quantitative estimate of drug-likeness (QED) is 0.558. The van der Waals surface area contributed by atoms with Crippen LogP contribution in [0.3, 0.4) is 0 Å². The minimum Gasteiger partial charge on any atom is -0.496 e. The molecular formula is C17H27N3O2S. The predicted molar refractivity (Wildman–Crippen MR) is 97.0 cm³/mol. The van der Waals surface area contributed by atoms with E-state index in [2.05, 4.69) is 27.7 Å². The third kappa shape index (κ3) is 5.34. The maximum absolute atomic E-state index is 5.55. The van der Waals surface area contributed by atoms with Gasteiger partial charge in [-0.15, -0.1) is 0 Å². The Labute approximate surface area is 144 Å². The summed E-state index contributed by atoms with van der Waals surface area (Å²) in [6, 6.07) is 8.50. The first kappa shape index (κ1) is 18.0. The van der Waals surface area contributed by atoms with Gasteiger partial charge in [-0.1, -0.05) is 18.2 Å². The second kappa shape index (κ2) is 9.70. The van der Waals surface area contributed by atoms with Crippen LogP contribution >= 0.6 is 12.2 Å². The van der Waals surface area contributed by atoms with E-state index in [1.807, 2.05) is 12.1 Å². The highest BCUT2D eigenvalue weighted by Crippen LogP contribution is 2.31. The lowest BCUT2D eigenvalue weighted by Crippen LogP contribution is -2.42. The molecule has 2 N–H and O–H groups in total. The molecule has 2 rings (SSSR count). The summed E-state index contributed by atoms with van der Waals surface area (Å²) < 4.78 is 10.6. The monoisotopic (exact) mass is 337 g/mol. The van der Waals surface area contributed by atoms with Gasteiger partial charge in [-0.05, 0) is 44.2 Å². The van der Waals surface area contributed by atoms with Crippen molar-refractivity contribution < 1.29 is 9.47 Å². The van der Waals surface area contributed by atoms with Crippen molar-refractivity contribution >= 4 is 17.3 Å². The maximum Gasteiger partial charge on any atom is 0.166 e. The maximum atomic E-state index is 5.55. The second-order valence-corrected chi connectivity index (χ2v) is 6.04. The molecule has 1 atom stereocenters. The summed E-state index contributed by atoms with van der Waals surface area (Å²) in [5.74, 6) is 0.935. The number of hydrogen-bond acceptors (Lipinski definition) is 4. The van der Waals surface area contributed by atoms with Gasteiger partial charge in [-0.25, -0.2) is 0 Å². The Bertz CT molecular complexity index is 492. The molecule has 0 bridgehead atoms. The van der Waals surface area contributed by atoms with Crippen LogP contribution in [-0.2, 0) is 4.74 Å². The van der Waals surface area contributed by atoms with Crippen LogP contribution in [0.25, 0.3) is 0 Å². The number of likely N-dealkylation sites (tertiary alicyclic amines) is 1. The molecule has 0 aliphatic carbocycles. The number of nitrogens with zero attached hydrogens (tertiary/aromatic N) is 1. The Balaban J connectivity index is 2.01. The standard InChI is InChI=1S/C17H27N3O2S/c1-21-12-9-18-17(23)19-13-15(20-10-5-6-11-20)14-7-3-4-8-16(14)22-2/h3-4,7-8,15H,5-6,9-13H2,1-2H3,(H2,18,19,23). The normalized spacial score (nSPS) is 16.1. The predicted octanol–water partition coefficient (Wildman–Crippen LogP) is 1.94. The average Bonchev–Trinajstić information content (AvgIpc) is 3.10. The zero-order valence-corrected chi connectivity index (χ0v) is 14.8. The Kier molecular flexibility index (Phi) is 7.58. The van der Waals surface area contributed by atoms with Crippen molar-refractivity contribution in [1.29, 1.82) is 0 Å². The molecular weight excluding hydrogens is 310 g/mol. The van der Waals surface area contributed by atoms with Crippen LogP contribution in [-0.4, -0.2) is 57.0 Å². The van der Waals surface area contributed by atoms with Crippen molar-refractivity contribution in [2.75, 3.05) is 47.0 Å². The summed E-state index contributed by atoms with van der Waals surface area (Å²) in [7, 11) is 3.41. The number of ether oxygens (including phenoxy) is 2. The molecule has 1 fully saturated rings. The Hall–Kier alpha value is -1.37. The molecule has 0 amide bonds. The molecule has 128 valence electrons. The molecule has 6 heteroatoms. The molecule has 1 aliphatic rings. The largest absolute Gasteiger partial charge is 0.496 e. The minimum atomic E-state index is 0.260. The zero-order valence-electron chi connectivity index (χ0n) is 14.0. The van der Waals surface area contributed by atoms with E-state index in [-0.39, 0.29) is 6.04 Å². The van der Waals surface area contributed by atoms with Gasteiger partial charge in [0, 0.05) is 25.8 Å². The molecule has 0 aromatic heterocycles. The fourth-order valence-corrected chi connectivity index (χ4v) is 3.13. The summed E-state index contributed by atoms with van der Waals surface area (Å²) in [6.07, 6.45) is 2.50. The third-order valence-corrected chi connectivity index (χ3v) is 4.42. The molecule has 23 heavy (non-hydrogen) atoms. The van der Waals surface area contributed by atoms with Crippen LogP contribution in [0.5, 0.6) is 5.75 Å². The Morgan fingerprint density at radius 1 is 1.22 bits per heavy atom. The van der Waals surface area contributed by atoms with Gasteiger partial charge in [0.2, 0.25) is 0 Å².